The lowest BCUT2D eigenvalue weighted by atomic mass is 10.3. The number of hydrogen-bond donors (Lipinski definition) is 1. The van der Waals surface area contributed by atoms with E-state index < -0.39 is 9.84 Å². The molecular formula is C12H21NO3S. The van der Waals surface area contributed by atoms with E-state index in [1.807, 2.05) is 26.0 Å². The number of hydrogen-bond acceptors (Lipinski definition) is 4. The molecule has 0 spiro atoms. The summed E-state index contributed by atoms with van der Waals surface area (Å²) in [7, 11) is -2.99. The van der Waals surface area contributed by atoms with Gasteiger partial charge in [0, 0.05) is 6.54 Å². The van der Waals surface area contributed by atoms with Crippen molar-refractivity contribution in [2.75, 3.05) is 12.3 Å². The van der Waals surface area contributed by atoms with E-state index in [9.17, 15) is 8.42 Å². The van der Waals surface area contributed by atoms with Crippen LogP contribution in [0.2, 0.25) is 0 Å². The van der Waals surface area contributed by atoms with Gasteiger partial charge in [0.05, 0.1) is 23.8 Å². The quantitative estimate of drug-likeness (QED) is 0.811. The number of rotatable bonds is 7. The highest BCUT2D eigenvalue weighted by Gasteiger charge is 2.21. The lowest BCUT2D eigenvalue weighted by Gasteiger charge is -2.14. The van der Waals surface area contributed by atoms with Crippen molar-refractivity contribution in [2.45, 2.75) is 32.6 Å². The van der Waals surface area contributed by atoms with Crippen LogP contribution in [-0.4, -0.2) is 26.0 Å². The molecule has 98 valence electrons. The fourth-order valence-electron chi connectivity index (χ4n) is 1.57. The fraction of sp³-hybridized carbons (Fsp3) is 0.667. The van der Waals surface area contributed by atoms with Crippen molar-refractivity contribution in [1.29, 1.82) is 0 Å². The first-order valence-corrected chi connectivity index (χ1v) is 7.58. The molecule has 1 aromatic heterocycles. The van der Waals surface area contributed by atoms with Crippen LogP contribution in [0.4, 0.5) is 0 Å². The summed E-state index contributed by atoms with van der Waals surface area (Å²) in [6.07, 6.45) is 1.61. The van der Waals surface area contributed by atoms with Crippen LogP contribution in [0.1, 0.15) is 26.5 Å². The second kappa shape index (κ2) is 6.21. The third-order valence-electron chi connectivity index (χ3n) is 2.49. The molecule has 1 N–H and O–H groups in total. The van der Waals surface area contributed by atoms with E-state index >= 15 is 0 Å². The van der Waals surface area contributed by atoms with Crippen LogP contribution in [0.3, 0.4) is 0 Å². The first-order chi connectivity index (χ1) is 7.92. The molecule has 17 heavy (non-hydrogen) atoms. The Morgan fingerprint density at radius 1 is 1.35 bits per heavy atom. The second-order valence-electron chi connectivity index (χ2n) is 4.74. The normalized spacial score (nSPS) is 14.1. The monoisotopic (exact) mass is 259 g/mol. The SMILES string of the molecule is CC(C)CS(=O)(=O)C(C)CNCc1ccco1. The van der Waals surface area contributed by atoms with E-state index in [1.54, 1.807) is 13.2 Å². The van der Waals surface area contributed by atoms with Gasteiger partial charge in [0.2, 0.25) is 0 Å². The molecule has 0 bridgehead atoms. The van der Waals surface area contributed by atoms with Crippen LogP contribution in [0.15, 0.2) is 22.8 Å². The third-order valence-corrected chi connectivity index (χ3v) is 5.01. The first-order valence-electron chi connectivity index (χ1n) is 5.86. The van der Waals surface area contributed by atoms with E-state index in [1.165, 1.54) is 0 Å². The number of furan rings is 1. The van der Waals surface area contributed by atoms with Gasteiger partial charge < -0.3 is 9.73 Å². The molecule has 0 amide bonds. The first kappa shape index (κ1) is 14.3. The molecule has 1 unspecified atom stereocenters. The summed E-state index contributed by atoms with van der Waals surface area (Å²) in [5, 5.41) is 2.73. The molecule has 0 radical (unpaired) electrons. The third kappa shape index (κ3) is 4.91. The van der Waals surface area contributed by atoms with Gasteiger partial charge in [-0.05, 0) is 25.0 Å². The zero-order chi connectivity index (χ0) is 12.9. The molecule has 0 fully saturated rings. The highest BCUT2D eigenvalue weighted by atomic mass is 32.2. The Morgan fingerprint density at radius 2 is 2.06 bits per heavy atom. The van der Waals surface area contributed by atoms with Crippen molar-refractivity contribution in [1.82, 2.24) is 5.32 Å². The molecule has 0 aromatic carbocycles. The zero-order valence-electron chi connectivity index (χ0n) is 10.6. The summed E-state index contributed by atoms with van der Waals surface area (Å²) in [6, 6.07) is 3.68. The van der Waals surface area contributed by atoms with Gasteiger partial charge in [0.1, 0.15) is 5.76 Å². The Hall–Kier alpha value is -0.810. The molecular weight excluding hydrogens is 238 g/mol. The van der Waals surface area contributed by atoms with Crippen molar-refractivity contribution in [2.24, 2.45) is 5.92 Å². The molecule has 5 heteroatoms. The van der Waals surface area contributed by atoms with E-state index in [0.717, 1.165) is 5.76 Å². The molecule has 1 heterocycles. The van der Waals surface area contributed by atoms with Gasteiger partial charge in [0.15, 0.2) is 9.84 Å². The van der Waals surface area contributed by atoms with Crippen molar-refractivity contribution in [3.63, 3.8) is 0 Å². The van der Waals surface area contributed by atoms with Crippen LogP contribution in [-0.2, 0) is 16.4 Å². The van der Waals surface area contributed by atoms with Crippen molar-refractivity contribution in [3.05, 3.63) is 24.2 Å². The fourth-order valence-corrected chi connectivity index (χ4v) is 3.20. The van der Waals surface area contributed by atoms with Gasteiger partial charge >= 0.3 is 0 Å². The smallest absolute Gasteiger partial charge is 0.154 e. The van der Waals surface area contributed by atoms with Gasteiger partial charge in [-0.3, -0.25) is 0 Å². The molecule has 4 nitrogen and oxygen atoms in total. The summed E-state index contributed by atoms with van der Waals surface area (Å²) in [5.74, 6) is 1.24. The Kier molecular flexibility index (Phi) is 5.21. The Balaban J connectivity index is 2.36. The lowest BCUT2D eigenvalue weighted by Crippen LogP contribution is -2.33. The molecule has 0 saturated carbocycles. The highest BCUT2D eigenvalue weighted by Crippen LogP contribution is 2.07. The van der Waals surface area contributed by atoms with Crippen LogP contribution < -0.4 is 5.32 Å². The van der Waals surface area contributed by atoms with Crippen LogP contribution in [0.5, 0.6) is 0 Å². The number of sulfone groups is 1. The lowest BCUT2D eigenvalue weighted by molar-refractivity contribution is 0.481. The van der Waals surface area contributed by atoms with E-state index in [2.05, 4.69) is 5.32 Å². The standard InChI is InChI=1S/C12H21NO3S/c1-10(2)9-17(14,15)11(3)7-13-8-12-5-4-6-16-12/h4-6,10-11,13H,7-9H2,1-3H3. The predicted octanol–water partition coefficient (Wildman–Crippen LogP) is 1.83. The van der Waals surface area contributed by atoms with Crippen LogP contribution in [0, 0.1) is 5.92 Å². The summed E-state index contributed by atoms with van der Waals surface area (Å²) in [4.78, 5) is 0. The minimum Gasteiger partial charge on any atom is -0.468 e. The van der Waals surface area contributed by atoms with Gasteiger partial charge in [-0.1, -0.05) is 13.8 Å². The summed E-state index contributed by atoms with van der Waals surface area (Å²) in [5.41, 5.74) is 0. The summed E-state index contributed by atoms with van der Waals surface area (Å²) < 4.78 is 28.9. The van der Waals surface area contributed by atoms with E-state index in [0.29, 0.717) is 13.1 Å². The van der Waals surface area contributed by atoms with E-state index in [-0.39, 0.29) is 16.9 Å². The van der Waals surface area contributed by atoms with Crippen molar-refractivity contribution >= 4 is 9.84 Å². The molecule has 0 aliphatic rings. The summed E-state index contributed by atoms with van der Waals surface area (Å²) >= 11 is 0. The average molecular weight is 259 g/mol. The molecule has 1 rings (SSSR count). The molecule has 1 atom stereocenters. The Morgan fingerprint density at radius 3 is 2.59 bits per heavy atom. The van der Waals surface area contributed by atoms with Crippen LogP contribution >= 0.6 is 0 Å². The summed E-state index contributed by atoms with van der Waals surface area (Å²) in [6.45, 7) is 6.60. The number of nitrogens with one attached hydrogen (secondary N) is 1. The molecule has 0 aliphatic heterocycles. The molecule has 0 aliphatic carbocycles. The maximum atomic E-state index is 11.9. The predicted molar refractivity (Wildman–Crippen MR) is 68.5 cm³/mol. The maximum Gasteiger partial charge on any atom is 0.154 e. The van der Waals surface area contributed by atoms with Crippen molar-refractivity contribution < 1.29 is 12.8 Å². The minimum atomic E-state index is -2.99. The maximum absolute atomic E-state index is 11.9. The Bertz CT molecular complexity index is 409. The van der Waals surface area contributed by atoms with Gasteiger partial charge in [0.25, 0.3) is 0 Å². The van der Waals surface area contributed by atoms with Gasteiger partial charge in [-0.15, -0.1) is 0 Å². The minimum absolute atomic E-state index is 0.174. The molecule has 1 aromatic rings. The van der Waals surface area contributed by atoms with E-state index in [4.69, 9.17) is 4.42 Å². The zero-order valence-corrected chi connectivity index (χ0v) is 11.5. The second-order valence-corrected chi connectivity index (χ2v) is 7.21. The van der Waals surface area contributed by atoms with Gasteiger partial charge in [-0.2, -0.15) is 0 Å². The van der Waals surface area contributed by atoms with Crippen LogP contribution in [0.25, 0.3) is 0 Å². The Labute approximate surface area is 103 Å². The topological polar surface area (TPSA) is 59.3 Å². The molecule has 0 saturated heterocycles. The largest absolute Gasteiger partial charge is 0.468 e. The average Bonchev–Trinajstić information content (AvgIpc) is 2.68. The highest BCUT2D eigenvalue weighted by molar-refractivity contribution is 7.92. The van der Waals surface area contributed by atoms with Gasteiger partial charge in [-0.25, -0.2) is 8.42 Å². The van der Waals surface area contributed by atoms with Crippen molar-refractivity contribution in [3.8, 4) is 0 Å².